The molecule has 1 heterocycles. The standard InChI is InChI=1S/C17H21N3O2S/c1-11-6-4-5-7-13(11)10-18-15(21)9-8-14-12(2)19-17(23-3)20-16(14)22/h4-7H,8-10H2,1-3H3,(H,18,21)(H,19,20,22). The number of carbonyl (C=O) groups excluding carboxylic acids is 1. The van der Waals surface area contributed by atoms with E-state index in [4.69, 9.17) is 0 Å². The van der Waals surface area contributed by atoms with E-state index in [2.05, 4.69) is 15.3 Å². The van der Waals surface area contributed by atoms with Crippen molar-refractivity contribution >= 4 is 17.7 Å². The Bertz CT molecular complexity index is 756. The molecule has 1 aromatic heterocycles. The second kappa shape index (κ2) is 7.97. The lowest BCUT2D eigenvalue weighted by atomic mass is 10.1. The first-order valence-corrected chi connectivity index (χ1v) is 8.68. The summed E-state index contributed by atoms with van der Waals surface area (Å²) in [7, 11) is 0. The van der Waals surface area contributed by atoms with Crippen LogP contribution in [0.3, 0.4) is 0 Å². The van der Waals surface area contributed by atoms with Crippen molar-refractivity contribution in [2.75, 3.05) is 6.26 Å². The van der Waals surface area contributed by atoms with Crippen LogP contribution in [0.5, 0.6) is 0 Å². The highest BCUT2D eigenvalue weighted by Gasteiger charge is 2.10. The number of aromatic nitrogens is 2. The predicted octanol–water partition coefficient (Wildman–Crippen LogP) is 2.36. The topological polar surface area (TPSA) is 74.8 Å². The Morgan fingerprint density at radius 2 is 2.04 bits per heavy atom. The van der Waals surface area contributed by atoms with Crippen LogP contribution in [0.15, 0.2) is 34.2 Å². The monoisotopic (exact) mass is 331 g/mol. The van der Waals surface area contributed by atoms with Crippen molar-refractivity contribution in [3.63, 3.8) is 0 Å². The highest BCUT2D eigenvalue weighted by atomic mass is 32.2. The molecule has 0 aliphatic heterocycles. The van der Waals surface area contributed by atoms with Gasteiger partial charge in [0.2, 0.25) is 5.91 Å². The maximum Gasteiger partial charge on any atom is 0.254 e. The number of amides is 1. The lowest BCUT2D eigenvalue weighted by Gasteiger charge is -2.09. The van der Waals surface area contributed by atoms with Crippen LogP contribution in [-0.4, -0.2) is 22.1 Å². The first-order valence-electron chi connectivity index (χ1n) is 7.46. The number of hydrogen-bond acceptors (Lipinski definition) is 4. The van der Waals surface area contributed by atoms with E-state index >= 15 is 0 Å². The van der Waals surface area contributed by atoms with Gasteiger partial charge in [-0.1, -0.05) is 36.0 Å². The van der Waals surface area contributed by atoms with Gasteiger partial charge in [0.15, 0.2) is 5.16 Å². The zero-order chi connectivity index (χ0) is 16.8. The van der Waals surface area contributed by atoms with Crippen molar-refractivity contribution in [1.29, 1.82) is 0 Å². The number of rotatable bonds is 6. The van der Waals surface area contributed by atoms with Crippen LogP contribution >= 0.6 is 11.8 Å². The molecular formula is C17H21N3O2S. The van der Waals surface area contributed by atoms with E-state index in [1.807, 2.05) is 37.4 Å². The summed E-state index contributed by atoms with van der Waals surface area (Å²) in [5.74, 6) is -0.0685. The zero-order valence-electron chi connectivity index (χ0n) is 13.6. The quantitative estimate of drug-likeness (QED) is 0.629. The summed E-state index contributed by atoms with van der Waals surface area (Å²) >= 11 is 1.39. The maximum atomic E-state index is 12.0. The van der Waals surface area contributed by atoms with Gasteiger partial charge >= 0.3 is 0 Å². The van der Waals surface area contributed by atoms with Gasteiger partial charge in [-0.2, -0.15) is 0 Å². The Balaban J connectivity index is 1.92. The average molecular weight is 331 g/mol. The lowest BCUT2D eigenvalue weighted by Crippen LogP contribution is -2.25. The number of benzene rings is 1. The lowest BCUT2D eigenvalue weighted by molar-refractivity contribution is -0.121. The molecule has 2 rings (SSSR count). The van der Waals surface area contributed by atoms with Crippen LogP contribution in [0.2, 0.25) is 0 Å². The minimum Gasteiger partial charge on any atom is -0.352 e. The third-order valence-electron chi connectivity index (χ3n) is 3.73. The van der Waals surface area contributed by atoms with Gasteiger partial charge in [-0.15, -0.1) is 0 Å². The molecule has 5 nitrogen and oxygen atoms in total. The molecule has 1 aromatic carbocycles. The van der Waals surface area contributed by atoms with E-state index in [9.17, 15) is 9.59 Å². The first-order chi connectivity index (χ1) is 11.0. The van der Waals surface area contributed by atoms with Crippen LogP contribution in [0, 0.1) is 13.8 Å². The van der Waals surface area contributed by atoms with Gasteiger partial charge in [-0.25, -0.2) is 4.98 Å². The molecule has 0 spiro atoms. The van der Waals surface area contributed by atoms with Gasteiger partial charge in [0, 0.05) is 24.2 Å². The number of thioether (sulfide) groups is 1. The molecule has 1 amide bonds. The van der Waals surface area contributed by atoms with Crippen molar-refractivity contribution in [3.05, 3.63) is 57.0 Å². The second-order valence-electron chi connectivity index (χ2n) is 5.34. The largest absolute Gasteiger partial charge is 0.352 e. The molecule has 0 saturated heterocycles. The Kier molecular flexibility index (Phi) is 5.98. The van der Waals surface area contributed by atoms with Gasteiger partial charge in [0.05, 0.1) is 0 Å². The van der Waals surface area contributed by atoms with Crippen molar-refractivity contribution in [1.82, 2.24) is 15.3 Å². The highest BCUT2D eigenvalue weighted by Crippen LogP contribution is 2.10. The fraction of sp³-hybridized carbons (Fsp3) is 0.353. The van der Waals surface area contributed by atoms with E-state index in [0.717, 1.165) is 11.1 Å². The van der Waals surface area contributed by atoms with E-state index in [-0.39, 0.29) is 17.9 Å². The fourth-order valence-electron chi connectivity index (χ4n) is 2.30. The second-order valence-corrected chi connectivity index (χ2v) is 6.14. The van der Waals surface area contributed by atoms with Crippen molar-refractivity contribution in [2.45, 2.75) is 38.4 Å². The van der Waals surface area contributed by atoms with E-state index in [1.54, 1.807) is 6.92 Å². The summed E-state index contributed by atoms with van der Waals surface area (Å²) in [4.78, 5) is 31.0. The molecule has 2 N–H and O–H groups in total. The minimum absolute atomic E-state index is 0.0685. The van der Waals surface area contributed by atoms with Crippen molar-refractivity contribution in [2.24, 2.45) is 0 Å². The molecule has 122 valence electrons. The Labute approximate surface area is 139 Å². The predicted molar refractivity (Wildman–Crippen MR) is 92.7 cm³/mol. The molecule has 6 heteroatoms. The number of nitrogens with one attached hydrogen (secondary N) is 2. The molecule has 0 aliphatic rings. The summed E-state index contributed by atoms with van der Waals surface area (Å²) in [5, 5.41) is 3.49. The zero-order valence-corrected chi connectivity index (χ0v) is 14.4. The number of aromatic amines is 1. The summed E-state index contributed by atoms with van der Waals surface area (Å²) in [6.45, 7) is 4.32. The molecule has 2 aromatic rings. The van der Waals surface area contributed by atoms with Crippen LogP contribution in [-0.2, 0) is 17.8 Å². The van der Waals surface area contributed by atoms with Crippen LogP contribution in [0.1, 0.15) is 28.8 Å². The molecule has 23 heavy (non-hydrogen) atoms. The third kappa shape index (κ3) is 4.69. The number of nitrogens with zero attached hydrogens (tertiary/aromatic N) is 1. The average Bonchev–Trinajstić information content (AvgIpc) is 2.53. The Morgan fingerprint density at radius 1 is 1.30 bits per heavy atom. The molecule has 0 bridgehead atoms. The summed E-state index contributed by atoms with van der Waals surface area (Å²) in [5.41, 5.74) is 3.35. The van der Waals surface area contributed by atoms with Crippen LogP contribution in [0.4, 0.5) is 0 Å². The number of carbonyl (C=O) groups is 1. The van der Waals surface area contributed by atoms with E-state index in [1.165, 1.54) is 11.8 Å². The maximum absolute atomic E-state index is 12.0. The molecule has 0 unspecified atom stereocenters. The van der Waals surface area contributed by atoms with Crippen LogP contribution in [0.25, 0.3) is 0 Å². The van der Waals surface area contributed by atoms with E-state index < -0.39 is 0 Å². The normalized spacial score (nSPS) is 10.6. The smallest absolute Gasteiger partial charge is 0.254 e. The number of H-pyrrole nitrogens is 1. The molecule has 0 fully saturated rings. The Morgan fingerprint density at radius 3 is 2.70 bits per heavy atom. The third-order valence-corrected chi connectivity index (χ3v) is 4.31. The molecule has 0 aliphatic carbocycles. The molecule has 0 atom stereocenters. The SMILES string of the molecule is CSc1nc(C)c(CCC(=O)NCc2ccccc2C)c(=O)[nH]1. The van der Waals surface area contributed by atoms with Crippen molar-refractivity contribution < 1.29 is 4.79 Å². The number of aryl methyl sites for hydroxylation is 2. The van der Waals surface area contributed by atoms with Gasteiger partial charge in [0.1, 0.15) is 0 Å². The molecule has 0 saturated carbocycles. The van der Waals surface area contributed by atoms with Gasteiger partial charge in [-0.3, -0.25) is 9.59 Å². The molecule has 0 radical (unpaired) electrons. The summed E-state index contributed by atoms with van der Waals surface area (Å²) in [6, 6.07) is 7.94. The first kappa shape index (κ1) is 17.3. The number of hydrogen-bond donors (Lipinski definition) is 2. The fourth-order valence-corrected chi connectivity index (χ4v) is 2.73. The van der Waals surface area contributed by atoms with Crippen LogP contribution < -0.4 is 10.9 Å². The minimum atomic E-state index is -0.159. The van der Waals surface area contributed by atoms with Crippen molar-refractivity contribution in [3.8, 4) is 0 Å². The summed E-state index contributed by atoms with van der Waals surface area (Å²) in [6.07, 6.45) is 2.52. The molecular weight excluding hydrogens is 310 g/mol. The van der Waals surface area contributed by atoms with E-state index in [0.29, 0.717) is 29.4 Å². The summed E-state index contributed by atoms with van der Waals surface area (Å²) < 4.78 is 0. The van der Waals surface area contributed by atoms with Gasteiger partial charge < -0.3 is 10.3 Å². The highest BCUT2D eigenvalue weighted by molar-refractivity contribution is 7.98. The Hall–Kier alpha value is -2.08. The van der Waals surface area contributed by atoms with Gasteiger partial charge in [-0.05, 0) is 37.7 Å². The van der Waals surface area contributed by atoms with Gasteiger partial charge in [0.25, 0.3) is 5.56 Å².